The Morgan fingerprint density at radius 3 is 2.69 bits per heavy atom. The molecule has 32 heavy (non-hydrogen) atoms. The molecule has 166 valence electrons. The van der Waals surface area contributed by atoms with E-state index < -0.39 is 17.7 Å². The molecule has 1 aliphatic rings. The van der Waals surface area contributed by atoms with Gasteiger partial charge >= 0.3 is 0 Å². The van der Waals surface area contributed by atoms with Crippen molar-refractivity contribution >= 4 is 28.4 Å². The van der Waals surface area contributed by atoms with E-state index in [9.17, 15) is 14.7 Å². The summed E-state index contributed by atoms with van der Waals surface area (Å²) in [6.07, 6.45) is 1.64. The Balaban J connectivity index is 1.85. The number of fused-ring (bicyclic) bond motifs is 1. The van der Waals surface area contributed by atoms with Crippen LogP contribution in [0.4, 0.5) is 0 Å². The average molecular weight is 434 g/mol. The lowest BCUT2D eigenvalue weighted by Gasteiger charge is -2.26. The number of amides is 1. The van der Waals surface area contributed by atoms with Crippen molar-refractivity contribution in [3.8, 4) is 5.75 Å². The molecule has 0 radical (unpaired) electrons. The van der Waals surface area contributed by atoms with E-state index >= 15 is 0 Å². The first-order valence-corrected chi connectivity index (χ1v) is 10.5. The fourth-order valence-corrected chi connectivity index (χ4v) is 4.07. The molecular formula is C25H26N2O5. The number of carbonyl (C=O) groups is 2. The first kappa shape index (κ1) is 21.6. The van der Waals surface area contributed by atoms with Crippen molar-refractivity contribution in [1.82, 2.24) is 9.88 Å². The number of H-pyrrole nitrogens is 1. The summed E-state index contributed by atoms with van der Waals surface area (Å²) in [6, 6.07) is 13.9. The summed E-state index contributed by atoms with van der Waals surface area (Å²) < 4.78 is 11.0. The molecule has 1 amide bonds. The number of Topliss-reactive ketones (excluding diaryl/α,β-unsaturated/α-hetero) is 1. The van der Waals surface area contributed by atoms with Gasteiger partial charge in [-0.05, 0) is 37.6 Å². The number of methoxy groups -OCH3 is 1. The molecule has 3 aromatic rings. The van der Waals surface area contributed by atoms with Gasteiger partial charge in [-0.1, -0.05) is 30.3 Å². The minimum Gasteiger partial charge on any atom is -0.507 e. The monoisotopic (exact) mass is 434 g/mol. The Hall–Kier alpha value is -3.58. The lowest BCUT2D eigenvalue weighted by molar-refractivity contribution is -0.140. The van der Waals surface area contributed by atoms with Crippen LogP contribution in [0.15, 0.2) is 60.3 Å². The number of ether oxygens (including phenoxy) is 2. The number of nitrogens with one attached hydrogen (secondary N) is 1. The fraction of sp³-hybridized carbons (Fsp3) is 0.280. The number of hydrogen-bond donors (Lipinski definition) is 2. The van der Waals surface area contributed by atoms with Gasteiger partial charge in [-0.25, -0.2) is 0 Å². The lowest BCUT2D eigenvalue weighted by atomic mass is 9.95. The number of carbonyl (C=O) groups excluding carboxylic acids is 2. The first-order valence-electron chi connectivity index (χ1n) is 10.5. The van der Waals surface area contributed by atoms with Crippen LogP contribution in [0.1, 0.15) is 31.0 Å². The number of nitrogens with zero attached hydrogens (tertiary/aromatic N) is 1. The second-order valence-corrected chi connectivity index (χ2v) is 7.94. The van der Waals surface area contributed by atoms with E-state index in [1.54, 1.807) is 31.5 Å². The zero-order chi connectivity index (χ0) is 22.8. The van der Waals surface area contributed by atoms with Gasteiger partial charge in [-0.15, -0.1) is 0 Å². The van der Waals surface area contributed by atoms with Gasteiger partial charge in [-0.3, -0.25) is 9.59 Å². The molecule has 2 aromatic carbocycles. The second kappa shape index (κ2) is 8.88. The Kier molecular flexibility index (Phi) is 6.01. The highest BCUT2D eigenvalue weighted by Crippen LogP contribution is 2.41. The number of para-hydroxylation sites is 1. The third kappa shape index (κ3) is 3.87. The number of likely N-dealkylation sites (tertiary alicyclic amines) is 1. The standard InChI is InChI=1S/C25H26N2O5/c1-15(2)32-12-11-27-22(16-7-6-8-17(13-16)31-3)21(24(29)25(27)30)23(28)19-14-26-20-10-5-4-9-18(19)20/h4-10,13-15,22,26,28H,11-12H2,1-3H3/b23-21-. The van der Waals surface area contributed by atoms with Gasteiger partial charge < -0.3 is 24.5 Å². The molecule has 1 atom stereocenters. The summed E-state index contributed by atoms with van der Waals surface area (Å²) in [5, 5.41) is 12.0. The van der Waals surface area contributed by atoms with Crippen LogP contribution in [0.3, 0.4) is 0 Å². The van der Waals surface area contributed by atoms with Crippen molar-refractivity contribution < 1.29 is 24.2 Å². The summed E-state index contributed by atoms with van der Waals surface area (Å²) >= 11 is 0. The first-order chi connectivity index (χ1) is 15.4. The van der Waals surface area contributed by atoms with Gasteiger partial charge in [0.25, 0.3) is 11.7 Å². The van der Waals surface area contributed by atoms with Gasteiger partial charge in [0, 0.05) is 29.2 Å². The molecule has 2 heterocycles. The van der Waals surface area contributed by atoms with Gasteiger partial charge in [-0.2, -0.15) is 0 Å². The van der Waals surface area contributed by atoms with E-state index in [0.717, 1.165) is 10.9 Å². The molecule has 0 saturated carbocycles. The quantitative estimate of drug-likeness (QED) is 0.333. The molecular weight excluding hydrogens is 408 g/mol. The predicted octanol–water partition coefficient (Wildman–Crippen LogP) is 4.02. The summed E-state index contributed by atoms with van der Waals surface area (Å²) in [5.41, 5.74) is 2.03. The van der Waals surface area contributed by atoms with Crippen LogP contribution in [-0.2, 0) is 14.3 Å². The van der Waals surface area contributed by atoms with Crippen molar-refractivity contribution in [3.05, 3.63) is 71.4 Å². The fourth-order valence-electron chi connectivity index (χ4n) is 4.07. The maximum Gasteiger partial charge on any atom is 0.295 e. The Bertz CT molecular complexity index is 1190. The molecule has 7 heteroatoms. The number of aliphatic hydroxyl groups excluding tert-OH is 1. The third-order valence-electron chi connectivity index (χ3n) is 5.58. The second-order valence-electron chi connectivity index (χ2n) is 7.94. The zero-order valence-electron chi connectivity index (χ0n) is 18.3. The molecule has 0 spiro atoms. The SMILES string of the molecule is COc1cccc(C2/C(=C(/O)c3c[nH]c4ccccc34)C(=O)C(=O)N2CCOC(C)C)c1. The van der Waals surface area contributed by atoms with Crippen molar-refractivity contribution in [2.45, 2.75) is 26.0 Å². The summed E-state index contributed by atoms with van der Waals surface area (Å²) in [7, 11) is 1.55. The normalized spacial score (nSPS) is 18.1. The van der Waals surface area contributed by atoms with E-state index in [4.69, 9.17) is 9.47 Å². The van der Waals surface area contributed by atoms with Crippen molar-refractivity contribution in [3.63, 3.8) is 0 Å². The van der Waals surface area contributed by atoms with Crippen molar-refractivity contribution in [2.24, 2.45) is 0 Å². The van der Waals surface area contributed by atoms with Crippen LogP contribution in [0.25, 0.3) is 16.7 Å². The van der Waals surface area contributed by atoms with E-state index in [2.05, 4.69) is 4.98 Å². The van der Waals surface area contributed by atoms with Crippen LogP contribution in [-0.4, -0.2) is 53.0 Å². The van der Waals surface area contributed by atoms with Crippen LogP contribution in [0, 0.1) is 0 Å². The summed E-state index contributed by atoms with van der Waals surface area (Å²) in [6.45, 7) is 4.31. The van der Waals surface area contributed by atoms with Crippen LogP contribution in [0.5, 0.6) is 5.75 Å². The molecule has 2 N–H and O–H groups in total. The molecule has 7 nitrogen and oxygen atoms in total. The molecule has 4 rings (SSSR count). The highest BCUT2D eigenvalue weighted by atomic mass is 16.5. The van der Waals surface area contributed by atoms with E-state index in [1.807, 2.05) is 44.2 Å². The Morgan fingerprint density at radius 1 is 1.16 bits per heavy atom. The Morgan fingerprint density at radius 2 is 1.94 bits per heavy atom. The van der Waals surface area contributed by atoms with Gasteiger partial charge in [0.05, 0.1) is 31.4 Å². The van der Waals surface area contributed by atoms with Crippen LogP contribution < -0.4 is 4.74 Å². The molecule has 1 saturated heterocycles. The smallest absolute Gasteiger partial charge is 0.295 e. The number of benzene rings is 2. The number of hydrogen-bond acceptors (Lipinski definition) is 5. The largest absolute Gasteiger partial charge is 0.507 e. The number of aromatic nitrogens is 1. The van der Waals surface area contributed by atoms with E-state index in [0.29, 0.717) is 16.9 Å². The molecule has 1 aliphatic heterocycles. The van der Waals surface area contributed by atoms with Gasteiger partial charge in [0.1, 0.15) is 11.5 Å². The average Bonchev–Trinajstić information content (AvgIpc) is 3.33. The Labute approximate surface area is 186 Å². The zero-order valence-corrected chi connectivity index (χ0v) is 18.3. The highest BCUT2D eigenvalue weighted by Gasteiger charge is 2.46. The van der Waals surface area contributed by atoms with Gasteiger partial charge in [0.2, 0.25) is 0 Å². The van der Waals surface area contributed by atoms with Crippen LogP contribution >= 0.6 is 0 Å². The number of rotatable bonds is 7. The summed E-state index contributed by atoms with van der Waals surface area (Å²) in [5.74, 6) is -0.990. The molecule has 0 bridgehead atoms. The van der Waals surface area contributed by atoms with Gasteiger partial charge in [0.15, 0.2) is 0 Å². The van der Waals surface area contributed by atoms with Crippen LogP contribution in [0.2, 0.25) is 0 Å². The third-order valence-corrected chi connectivity index (χ3v) is 5.58. The number of aromatic amines is 1. The number of ketones is 1. The minimum absolute atomic E-state index is 0.00619. The maximum absolute atomic E-state index is 13.1. The van der Waals surface area contributed by atoms with Crippen molar-refractivity contribution in [1.29, 1.82) is 0 Å². The summed E-state index contributed by atoms with van der Waals surface area (Å²) in [4.78, 5) is 30.7. The lowest BCUT2D eigenvalue weighted by Crippen LogP contribution is -2.33. The molecule has 1 unspecified atom stereocenters. The highest BCUT2D eigenvalue weighted by molar-refractivity contribution is 6.46. The minimum atomic E-state index is -0.755. The van der Waals surface area contributed by atoms with Crippen molar-refractivity contribution in [2.75, 3.05) is 20.3 Å². The molecule has 1 fully saturated rings. The molecule has 0 aliphatic carbocycles. The maximum atomic E-state index is 13.1. The van der Waals surface area contributed by atoms with E-state index in [-0.39, 0.29) is 30.6 Å². The number of aliphatic hydroxyl groups is 1. The molecule has 1 aromatic heterocycles. The van der Waals surface area contributed by atoms with E-state index in [1.165, 1.54) is 4.90 Å². The topological polar surface area (TPSA) is 91.9 Å². The predicted molar refractivity (Wildman–Crippen MR) is 121 cm³/mol.